The molecule has 1 aromatic rings. The number of carbonyl (C=O) groups is 2. The average Bonchev–Trinajstić information content (AvgIpc) is 2.77. The number of ether oxygens (including phenoxy) is 2. The molecule has 1 saturated heterocycles. The van der Waals surface area contributed by atoms with Crippen molar-refractivity contribution in [1.29, 1.82) is 0 Å². The third-order valence-corrected chi connectivity index (χ3v) is 5.78. The van der Waals surface area contributed by atoms with Crippen LogP contribution in [0.4, 0.5) is 14.0 Å². The summed E-state index contributed by atoms with van der Waals surface area (Å²) >= 11 is 0. The lowest BCUT2D eigenvalue weighted by Crippen LogP contribution is -2.48. The number of likely N-dealkylation sites (tertiary alicyclic amines) is 1. The van der Waals surface area contributed by atoms with E-state index in [1.807, 2.05) is 20.8 Å². The van der Waals surface area contributed by atoms with Gasteiger partial charge in [0, 0.05) is 13.1 Å². The molecule has 0 bridgehead atoms. The van der Waals surface area contributed by atoms with E-state index in [2.05, 4.69) is 13.2 Å². The number of amides is 2. The van der Waals surface area contributed by atoms with E-state index in [1.54, 1.807) is 34.1 Å². The van der Waals surface area contributed by atoms with E-state index >= 15 is 0 Å². The molecule has 0 radical (unpaired) electrons. The van der Waals surface area contributed by atoms with E-state index in [9.17, 15) is 14.0 Å². The van der Waals surface area contributed by atoms with E-state index in [0.29, 0.717) is 25.9 Å². The molecule has 7 heteroatoms. The molecule has 0 saturated carbocycles. The maximum atomic E-state index is 13.5. The monoisotopic (exact) mass is 456 g/mol. The minimum absolute atomic E-state index is 0.289. The molecule has 0 spiro atoms. The summed E-state index contributed by atoms with van der Waals surface area (Å²) in [5.74, 6) is -0.346. The highest BCUT2D eigenvalue weighted by Gasteiger charge is 2.36. The van der Waals surface area contributed by atoms with Crippen molar-refractivity contribution in [3.05, 3.63) is 72.1 Å². The fraction of sp³-hybridized carbons (Fsp3) is 0.462. The van der Waals surface area contributed by atoms with Crippen LogP contribution in [-0.2, 0) is 9.47 Å². The van der Waals surface area contributed by atoms with Crippen LogP contribution in [0.3, 0.4) is 0 Å². The van der Waals surface area contributed by atoms with Crippen LogP contribution < -0.4 is 0 Å². The van der Waals surface area contributed by atoms with Crippen molar-refractivity contribution >= 4 is 12.2 Å². The Hall–Kier alpha value is -3.09. The van der Waals surface area contributed by atoms with Crippen molar-refractivity contribution in [2.45, 2.75) is 57.8 Å². The first-order chi connectivity index (χ1) is 15.6. The Bertz CT molecular complexity index is 933. The van der Waals surface area contributed by atoms with Gasteiger partial charge in [-0.1, -0.05) is 37.4 Å². The van der Waals surface area contributed by atoms with Gasteiger partial charge in [0.15, 0.2) is 0 Å². The molecule has 2 atom stereocenters. The summed E-state index contributed by atoms with van der Waals surface area (Å²) in [5, 5.41) is 0. The third-order valence-electron chi connectivity index (χ3n) is 5.78. The maximum Gasteiger partial charge on any atom is 0.410 e. The maximum absolute atomic E-state index is 13.5. The number of piperidine rings is 1. The van der Waals surface area contributed by atoms with Crippen molar-refractivity contribution in [3.63, 3.8) is 0 Å². The van der Waals surface area contributed by atoms with Crippen LogP contribution in [0.5, 0.6) is 0 Å². The number of allylic oxidation sites excluding steroid dienone is 1. The molecule has 33 heavy (non-hydrogen) atoms. The smallest absolute Gasteiger partial charge is 0.410 e. The summed E-state index contributed by atoms with van der Waals surface area (Å²) < 4.78 is 24.9. The summed E-state index contributed by atoms with van der Waals surface area (Å²) in [5.41, 5.74) is 2.02. The lowest BCUT2D eigenvalue weighted by atomic mass is 9.88. The zero-order valence-electron chi connectivity index (χ0n) is 19.7. The molecule has 1 fully saturated rings. The SMILES string of the molecule is C=CC1=C(C=C)[C@H](c2ccc(F)cc2)N(C(=O)OC2CCCN(C(=O)OC(C)(C)C)C2)CC1. The fourth-order valence-electron chi connectivity index (χ4n) is 4.26. The van der Waals surface area contributed by atoms with E-state index in [0.717, 1.165) is 23.1 Å². The van der Waals surface area contributed by atoms with Crippen molar-refractivity contribution < 1.29 is 23.5 Å². The van der Waals surface area contributed by atoms with Crippen LogP contribution in [0.15, 0.2) is 60.7 Å². The predicted molar refractivity (Wildman–Crippen MR) is 125 cm³/mol. The molecule has 2 heterocycles. The number of carbonyl (C=O) groups excluding carboxylic acids is 2. The van der Waals surface area contributed by atoms with E-state index in [-0.39, 0.29) is 12.4 Å². The molecule has 0 aliphatic carbocycles. The van der Waals surface area contributed by atoms with Gasteiger partial charge < -0.3 is 14.4 Å². The Balaban J connectivity index is 1.78. The van der Waals surface area contributed by atoms with E-state index in [1.165, 1.54) is 12.1 Å². The van der Waals surface area contributed by atoms with Crippen LogP contribution >= 0.6 is 0 Å². The molecular weight excluding hydrogens is 423 g/mol. The Morgan fingerprint density at radius 1 is 1.09 bits per heavy atom. The second kappa shape index (κ2) is 10.2. The molecule has 178 valence electrons. The van der Waals surface area contributed by atoms with Crippen LogP contribution in [0, 0.1) is 5.82 Å². The van der Waals surface area contributed by atoms with Gasteiger partial charge in [-0.15, -0.1) is 0 Å². The highest BCUT2D eigenvalue weighted by atomic mass is 19.1. The fourth-order valence-corrected chi connectivity index (χ4v) is 4.26. The van der Waals surface area contributed by atoms with Crippen molar-refractivity contribution in [1.82, 2.24) is 9.80 Å². The van der Waals surface area contributed by atoms with Crippen molar-refractivity contribution in [3.8, 4) is 0 Å². The number of halogens is 1. The van der Waals surface area contributed by atoms with Gasteiger partial charge in [0.2, 0.25) is 0 Å². The Morgan fingerprint density at radius 3 is 2.39 bits per heavy atom. The molecule has 1 aromatic carbocycles. The topological polar surface area (TPSA) is 59.1 Å². The van der Waals surface area contributed by atoms with Crippen LogP contribution in [0.2, 0.25) is 0 Å². The van der Waals surface area contributed by atoms with Crippen molar-refractivity contribution in [2.75, 3.05) is 19.6 Å². The zero-order valence-corrected chi connectivity index (χ0v) is 19.7. The Kier molecular flexibility index (Phi) is 7.61. The first-order valence-electron chi connectivity index (χ1n) is 11.3. The van der Waals surface area contributed by atoms with Crippen molar-refractivity contribution in [2.24, 2.45) is 0 Å². The van der Waals surface area contributed by atoms with Gasteiger partial charge in [-0.3, -0.25) is 4.90 Å². The summed E-state index contributed by atoms with van der Waals surface area (Å²) in [6, 6.07) is 5.63. The Labute approximate surface area is 195 Å². The van der Waals surface area contributed by atoms with Crippen LogP contribution in [0.25, 0.3) is 0 Å². The zero-order chi connectivity index (χ0) is 24.2. The molecule has 2 aliphatic heterocycles. The van der Waals surface area contributed by atoms with Gasteiger partial charge in [-0.05, 0) is 68.9 Å². The number of benzene rings is 1. The van der Waals surface area contributed by atoms with E-state index in [4.69, 9.17) is 9.47 Å². The normalized spacial score (nSPS) is 21.5. The predicted octanol–water partition coefficient (Wildman–Crippen LogP) is 5.78. The largest absolute Gasteiger partial charge is 0.444 e. The highest BCUT2D eigenvalue weighted by molar-refractivity contribution is 5.71. The van der Waals surface area contributed by atoms with Gasteiger partial charge in [-0.2, -0.15) is 0 Å². The third kappa shape index (κ3) is 6.03. The van der Waals surface area contributed by atoms with Gasteiger partial charge >= 0.3 is 12.2 Å². The number of rotatable bonds is 4. The second-order valence-electron chi connectivity index (χ2n) is 9.36. The van der Waals surface area contributed by atoms with Gasteiger partial charge in [0.1, 0.15) is 17.5 Å². The minimum Gasteiger partial charge on any atom is -0.444 e. The van der Waals surface area contributed by atoms with E-state index < -0.39 is 29.9 Å². The molecule has 0 N–H and O–H groups in total. The molecular formula is C26H33FN2O4. The van der Waals surface area contributed by atoms with Crippen LogP contribution in [0.1, 0.15) is 51.6 Å². The molecule has 1 unspecified atom stereocenters. The molecule has 2 amide bonds. The first-order valence-corrected chi connectivity index (χ1v) is 11.3. The molecule has 3 rings (SSSR count). The number of hydrogen-bond donors (Lipinski definition) is 0. The van der Waals surface area contributed by atoms with Gasteiger partial charge in [-0.25, -0.2) is 14.0 Å². The van der Waals surface area contributed by atoms with Gasteiger partial charge in [0.05, 0.1) is 12.6 Å². The molecule has 2 aliphatic rings. The molecule has 6 nitrogen and oxygen atoms in total. The molecule has 0 aromatic heterocycles. The quantitative estimate of drug-likeness (QED) is 0.577. The lowest BCUT2D eigenvalue weighted by molar-refractivity contribution is -0.00919. The average molecular weight is 457 g/mol. The second-order valence-corrected chi connectivity index (χ2v) is 9.36. The van der Waals surface area contributed by atoms with Gasteiger partial charge in [0.25, 0.3) is 0 Å². The summed E-state index contributed by atoms with van der Waals surface area (Å²) in [6.07, 6.45) is 4.20. The first kappa shape index (κ1) is 24.6. The summed E-state index contributed by atoms with van der Waals surface area (Å²) in [4.78, 5) is 29.0. The summed E-state index contributed by atoms with van der Waals surface area (Å²) in [6.45, 7) is 14.6. The summed E-state index contributed by atoms with van der Waals surface area (Å²) in [7, 11) is 0. The van der Waals surface area contributed by atoms with Crippen LogP contribution in [-0.4, -0.2) is 53.3 Å². The number of hydrogen-bond acceptors (Lipinski definition) is 4. The standard InChI is InChI=1S/C26H33FN2O4/c1-6-18-14-16-29(23(22(18)7-2)19-10-12-20(27)13-11-19)25(31)32-21-9-8-15-28(17-21)24(30)33-26(3,4)5/h6-7,10-13,21,23H,1-2,8-9,14-17H2,3-5H3/t21?,23-/m0/s1. The minimum atomic E-state index is -0.590. The lowest BCUT2D eigenvalue weighted by Gasteiger charge is -2.39. The number of nitrogens with zero attached hydrogens (tertiary/aromatic N) is 2. The highest BCUT2D eigenvalue weighted by Crippen LogP contribution is 2.37. The Morgan fingerprint density at radius 2 is 1.79 bits per heavy atom.